The molecule has 2 heterocycles. The lowest BCUT2D eigenvalue weighted by molar-refractivity contribution is 0.0956. The number of para-hydroxylation sites is 2. The Morgan fingerprint density at radius 2 is 1.72 bits per heavy atom. The van der Waals surface area contributed by atoms with Crippen molar-refractivity contribution in [1.29, 1.82) is 0 Å². The van der Waals surface area contributed by atoms with E-state index in [1.54, 1.807) is 0 Å². The largest absolute Gasteiger partial charge is 0.490 e. The molecule has 9 heteroatoms. The maximum atomic E-state index is 13.0. The van der Waals surface area contributed by atoms with Crippen molar-refractivity contribution in [1.82, 2.24) is 20.0 Å². The average Bonchev–Trinajstić information content (AvgIpc) is 3.03. The van der Waals surface area contributed by atoms with Gasteiger partial charge in [0.05, 0.1) is 24.2 Å². The number of anilines is 1. The highest BCUT2D eigenvalue weighted by Crippen LogP contribution is 2.29. The van der Waals surface area contributed by atoms with Crippen molar-refractivity contribution in [2.45, 2.75) is 20.3 Å². The van der Waals surface area contributed by atoms with Crippen molar-refractivity contribution in [3.05, 3.63) is 53.6 Å². The Bertz CT molecular complexity index is 1280. The smallest absolute Gasteiger partial charge is 0.257 e. The van der Waals surface area contributed by atoms with Crippen LogP contribution < -0.4 is 26.4 Å². The van der Waals surface area contributed by atoms with Crippen LogP contribution in [0.25, 0.3) is 22.2 Å². The molecular formula is C23H26N6O3. The number of aromatic nitrogens is 3. The number of carbonyl (C=O) groups is 1. The van der Waals surface area contributed by atoms with Crippen molar-refractivity contribution in [3.8, 4) is 11.5 Å². The zero-order chi connectivity index (χ0) is 22.7. The van der Waals surface area contributed by atoms with E-state index in [-0.39, 0.29) is 17.3 Å². The first kappa shape index (κ1) is 21.2. The second kappa shape index (κ2) is 9.01. The quantitative estimate of drug-likeness (QED) is 0.363. The predicted octanol–water partition coefficient (Wildman–Crippen LogP) is 2.65. The summed E-state index contributed by atoms with van der Waals surface area (Å²) >= 11 is 0. The van der Waals surface area contributed by atoms with Gasteiger partial charge in [-0.3, -0.25) is 4.79 Å². The summed E-state index contributed by atoms with van der Waals surface area (Å²) in [5.41, 5.74) is 9.44. The Balaban J connectivity index is 1.53. The summed E-state index contributed by atoms with van der Waals surface area (Å²) in [6.45, 7) is 5.35. The third-order valence-corrected chi connectivity index (χ3v) is 5.07. The Morgan fingerprint density at radius 1 is 1.03 bits per heavy atom. The normalized spacial score (nSPS) is 11.1. The first-order valence-corrected chi connectivity index (χ1v) is 10.5. The number of hydrogen-bond donors (Lipinski definition) is 3. The van der Waals surface area contributed by atoms with Gasteiger partial charge in [-0.2, -0.15) is 0 Å². The number of nitrogens with two attached hydrogens (primary N) is 2. The summed E-state index contributed by atoms with van der Waals surface area (Å²) in [5, 5.41) is 2.91. The van der Waals surface area contributed by atoms with Crippen LogP contribution in [0, 0.1) is 0 Å². The highest BCUT2D eigenvalue weighted by atomic mass is 16.5. The maximum absolute atomic E-state index is 13.0. The maximum Gasteiger partial charge on any atom is 0.257 e. The molecule has 0 aliphatic carbocycles. The lowest BCUT2D eigenvalue weighted by Gasteiger charge is -2.12. The number of benzene rings is 2. The van der Waals surface area contributed by atoms with Crippen LogP contribution in [0.1, 0.15) is 29.8 Å². The molecule has 0 aliphatic heterocycles. The highest BCUT2D eigenvalue weighted by molar-refractivity contribution is 6.10. The summed E-state index contributed by atoms with van der Waals surface area (Å²) in [7, 11) is 0. The number of amides is 1. The summed E-state index contributed by atoms with van der Waals surface area (Å²) in [6.07, 6.45) is 0.605. The van der Waals surface area contributed by atoms with Crippen molar-refractivity contribution >= 4 is 33.9 Å². The summed E-state index contributed by atoms with van der Waals surface area (Å²) in [4.78, 5) is 22.0. The van der Waals surface area contributed by atoms with Gasteiger partial charge < -0.3 is 26.4 Å². The topological polar surface area (TPSA) is 130 Å². The van der Waals surface area contributed by atoms with Crippen LogP contribution in [0.15, 0.2) is 42.5 Å². The molecular weight excluding hydrogens is 408 g/mol. The van der Waals surface area contributed by atoms with E-state index in [1.165, 1.54) is 4.68 Å². The number of nitrogens with one attached hydrogen (secondary N) is 1. The lowest BCUT2D eigenvalue weighted by Crippen LogP contribution is -2.27. The number of nitrogens with zero attached hydrogens (tertiary/aromatic N) is 3. The predicted molar refractivity (Wildman–Crippen MR) is 124 cm³/mol. The Labute approximate surface area is 185 Å². The second-order valence-corrected chi connectivity index (χ2v) is 7.17. The van der Waals surface area contributed by atoms with E-state index in [9.17, 15) is 4.79 Å². The summed E-state index contributed by atoms with van der Waals surface area (Å²) < 4.78 is 12.5. The molecule has 4 aromatic rings. The fourth-order valence-corrected chi connectivity index (χ4v) is 3.57. The zero-order valence-electron chi connectivity index (χ0n) is 18.1. The van der Waals surface area contributed by atoms with Crippen LogP contribution in [0.5, 0.6) is 11.5 Å². The van der Waals surface area contributed by atoms with Crippen molar-refractivity contribution in [2.75, 3.05) is 31.3 Å². The lowest BCUT2D eigenvalue weighted by atomic mass is 10.1. The number of ether oxygens (including phenoxy) is 2. The van der Waals surface area contributed by atoms with Gasteiger partial charge in [0.25, 0.3) is 5.91 Å². The van der Waals surface area contributed by atoms with Crippen molar-refractivity contribution in [3.63, 3.8) is 0 Å². The Morgan fingerprint density at radius 3 is 2.44 bits per heavy atom. The Kier molecular flexibility index (Phi) is 5.98. The minimum atomic E-state index is -0.350. The van der Waals surface area contributed by atoms with Gasteiger partial charge in [-0.25, -0.2) is 14.6 Å². The molecule has 32 heavy (non-hydrogen) atoms. The number of nitrogen functional groups attached to an aromatic ring is 2. The van der Waals surface area contributed by atoms with E-state index in [0.717, 1.165) is 5.56 Å². The molecule has 0 spiro atoms. The minimum absolute atomic E-state index is 0.118. The van der Waals surface area contributed by atoms with E-state index in [0.29, 0.717) is 59.9 Å². The van der Waals surface area contributed by atoms with E-state index in [4.69, 9.17) is 21.1 Å². The van der Waals surface area contributed by atoms with Crippen LogP contribution in [-0.4, -0.2) is 40.3 Å². The van der Waals surface area contributed by atoms with E-state index < -0.39 is 0 Å². The number of rotatable bonds is 8. The van der Waals surface area contributed by atoms with Gasteiger partial charge in [0.1, 0.15) is 16.9 Å². The molecule has 0 radical (unpaired) electrons. The molecule has 1 amide bonds. The van der Waals surface area contributed by atoms with Gasteiger partial charge in [0.2, 0.25) is 0 Å². The molecule has 0 atom stereocenters. The molecule has 5 N–H and O–H groups in total. The number of carbonyl (C=O) groups excluding carboxylic acids is 1. The molecule has 166 valence electrons. The zero-order valence-corrected chi connectivity index (χ0v) is 18.1. The van der Waals surface area contributed by atoms with Crippen molar-refractivity contribution < 1.29 is 14.3 Å². The molecule has 2 aromatic heterocycles. The van der Waals surface area contributed by atoms with Crippen LogP contribution in [0.2, 0.25) is 0 Å². The van der Waals surface area contributed by atoms with E-state index in [1.807, 2.05) is 56.3 Å². The summed E-state index contributed by atoms with van der Waals surface area (Å²) in [6, 6.07) is 13.1. The van der Waals surface area contributed by atoms with Gasteiger partial charge in [-0.05, 0) is 50.1 Å². The van der Waals surface area contributed by atoms with Crippen LogP contribution in [0.3, 0.4) is 0 Å². The minimum Gasteiger partial charge on any atom is -0.490 e. The fraction of sp³-hybridized carbons (Fsp3) is 0.261. The van der Waals surface area contributed by atoms with Crippen molar-refractivity contribution in [2.24, 2.45) is 0 Å². The van der Waals surface area contributed by atoms with E-state index >= 15 is 0 Å². The van der Waals surface area contributed by atoms with Crippen LogP contribution >= 0.6 is 0 Å². The number of fused-ring (bicyclic) bond motifs is 2. The van der Waals surface area contributed by atoms with Crippen LogP contribution in [-0.2, 0) is 6.42 Å². The molecule has 0 aliphatic rings. The molecule has 0 bridgehead atoms. The second-order valence-electron chi connectivity index (χ2n) is 7.17. The Hall–Kier alpha value is -4.01. The SMILES string of the molecule is CCOc1ccc(CCNC(=O)c2c(N)n(N)c3nc4ccccc4nc23)cc1OCC. The fourth-order valence-electron chi connectivity index (χ4n) is 3.57. The number of hydrogen-bond acceptors (Lipinski definition) is 7. The van der Waals surface area contributed by atoms with Gasteiger partial charge in [-0.1, -0.05) is 18.2 Å². The van der Waals surface area contributed by atoms with Crippen LogP contribution in [0.4, 0.5) is 5.82 Å². The highest BCUT2D eigenvalue weighted by Gasteiger charge is 2.22. The van der Waals surface area contributed by atoms with Gasteiger partial charge in [-0.15, -0.1) is 0 Å². The molecule has 2 aromatic carbocycles. The van der Waals surface area contributed by atoms with Gasteiger partial charge in [0.15, 0.2) is 17.1 Å². The van der Waals surface area contributed by atoms with Gasteiger partial charge in [0, 0.05) is 6.54 Å². The molecule has 4 rings (SSSR count). The standard InChI is InChI=1S/C23H26N6O3/c1-3-31-17-10-9-14(13-18(17)32-4-2)11-12-26-23(30)19-20-22(29(25)21(19)24)28-16-8-6-5-7-15(16)27-20/h5-10,13H,3-4,11-12,24-25H2,1-2H3,(H,26,30). The third kappa shape index (κ3) is 3.96. The monoisotopic (exact) mass is 434 g/mol. The molecule has 0 unspecified atom stereocenters. The molecule has 0 saturated carbocycles. The first-order valence-electron chi connectivity index (χ1n) is 10.5. The van der Waals surface area contributed by atoms with Gasteiger partial charge >= 0.3 is 0 Å². The van der Waals surface area contributed by atoms with E-state index in [2.05, 4.69) is 15.3 Å². The molecule has 9 nitrogen and oxygen atoms in total. The molecule has 0 fully saturated rings. The summed E-state index contributed by atoms with van der Waals surface area (Å²) in [5.74, 6) is 7.22. The third-order valence-electron chi connectivity index (χ3n) is 5.07. The average molecular weight is 435 g/mol. The first-order chi connectivity index (χ1) is 15.5. The molecule has 0 saturated heterocycles.